The third-order valence-electron chi connectivity index (χ3n) is 5.12. The van der Waals surface area contributed by atoms with Gasteiger partial charge in [-0.25, -0.2) is 10.4 Å². The molecule has 6 nitrogen and oxygen atoms in total. The first-order valence-corrected chi connectivity index (χ1v) is 14.3. The van der Waals surface area contributed by atoms with Gasteiger partial charge in [0.2, 0.25) is 0 Å². The molecule has 4 rings (SSSR count). The van der Waals surface area contributed by atoms with E-state index in [0.29, 0.717) is 24.7 Å². The van der Waals surface area contributed by atoms with E-state index >= 15 is 0 Å². The van der Waals surface area contributed by atoms with E-state index in [1.165, 1.54) is 28.7 Å². The number of carbonyl (C=O) groups excluding carboxylic acids is 1. The van der Waals surface area contributed by atoms with E-state index in [9.17, 15) is 4.79 Å². The maximum atomic E-state index is 12.3. The molecule has 0 spiro atoms. The Morgan fingerprint density at radius 2 is 1.92 bits per heavy atom. The number of thioether (sulfide) groups is 1. The van der Waals surface area contributed by atoms with Crippen LogP contribution in [0.1, 0.15) is 23.6 Å². The quantitative estimate of drug-likeness (QED) is 0.114. The van der Waals surface area contributed by atoms with Crippen LogP contribution in [-0.2, 0) is 11.4 Å². The average molecular weight is 597 g/mol. The van der Waals surface area contributed by atoms with Gasteiger partial charge in [0.25, 0.3) is 5.91 Å². The van der Waals surface area contributed by atoms with Gasteiger partial charge < -0.3 is 9.47 Å². The topological polar surface area (TPSA) is 72.8 Å². The number of nitrogens with zero attached hydrogens (tertiary/aromatic N) is 2. The number of thiazole rings is 1. The average Bonchev–Trinajstić information content (AvgIpc) is 3.38. The molecule has 1 amide bonds. The first-order chi connectivity index (χ1) is 18.0. The molecule has 0 atom stereocenters. The molecule has 0 fully saturated rings. The van der Waals surface area contributed by atoms with Crippen molar-refractivity contribution >= 4 is 51.2 Å². The molecule has 0 aliphatic carbocycles. The number of amides is 1. The van der Waals surface area contributed by atoms with Crippen LogP contribution >= 0.6 is 39.0 Å². The predicted octanol–water partition coefficient (Wildman–Crippen LogP) is 7.10. The summed E-state index contributed by atoms with van der Waals surface area (Å²) in [5.74, 6) is 1.24. The minimum absolute atomic E-state index is 0.208. The summed E-state index contributed by atoms with van der Waals surface area (Å²) < 4.78 is 13.4. The fraction of sp³-hybridized carbons (Fsp3) is 0.179. The molecule has 3 aromatic carbocycles. The Balaban J connectivity index is 1.32. The van der Waals surface area contributed by atoms with Gasteiger partial charge in [-0.15, -0.1) is 11.3 Å². The summed E-state index contributed by atoms with van der Waals surface area (Å²) in [5, 5.41) is 6.10. The molecule has 1 heterocycles. The van der Waals surface area contributed by atoms with Crippen molar-refractivity contribution in [1.82, 2.24) is 10.4 Å². The Labute approximate surface area is 233 Å². The van der Waals surface area contributed by atoms with Gasteiger partial charge in [0, 0.05) is 10.9 Å². The van der Waals surface area contributed by atoms with Crippen molar-refractivity contribution in [1.29, 1.82) is 0 Å². The van der Waals surface area contributed by atoms with Gasteiger partial charge in [-0.1, -0.05) is 71.9 Å². The lowest BCUT2D eigenvalue weighted by Gasteiger charge is -2.15. The fourth-order valence-corrected chi connectivity index (χ4v) is 5.51. The van der Waals surface area contributed by atoms with Gasteiger partial charge in [-0.05, 0) is 53.0 Å². The number of hydrazone groups is 1. The van der Waals surface area contributed by atoms with Gasteiger partial charge in [0.1, 0.15) is 6.61 Å². The number of benzene rings is 3. The van der Waals surface area contributed by atoms with Gasteiger partial charge in [-0.2, -0.15) is 5.10 Å². The summed E-state index contributed by atoms with van der Waals surface area (Å²) in [6, 6.07) is 21.9. The molecule has 0 aliphatic rings. The molecule has 0 aliphatic heterocycles. The molecule has 9 heteroatoms. The number of hydrogen-bond acceptors (Lipinski definition) is 7. The number of ether oxygens (including phenoxy) is 2. The molecular formula is C28H26BrN3O3S2. The van der Waals surface area contributed by atoms with Gasteiger partial charge in [0.05, 0.1) is 28.7 Å². The summed E-state index contributed by atoms with van der Waals surface area (Å²) in [4.78, 5) is 16.9. The number of halogens is 1. The third kappa shape index (κ3) is 7.92. The van der Waals surface area contributed by atoms with Gasteiger partial charge >= 0.3 is 0 Å². The second-order valence-corrected chi connectivity index (χ2v) is 10.9. The van der Waals surface area contributed by atoms with Crippen LogP contribution in [0.15, 0.2) is 86.0 Å². The minimum atomic E-state index is -0.208. The first-order valence-electron chi connectivity index (χ1n) is 11.6. The molecule has 0 saturated carbocycles. The normalized spacial score (nSPS) is 11.0. The summed E-state index contributed by atoms with van der Waals surface area (Å²) in [7, 11) is 0. The van der Waals surface area contributed by atoms with Crippen molar-refractivity contribution < 1.29 is 14.3 Å². The van der Waals surface area contributed by atoms with Crippen LogP contribution in [0.2, 0.25) is 0 Å². The van der Waals surface area contributed by atoms with Crippen molar-refractivity contribution in [3.8, 4) is 22.8 Å². The smallest absolute Gasteiger partial charge is 0.250 e. The molecule has 0 saturated heterocycles. The zero-order chi connectivity index (χ0) is 26.0. The van der Waals surface area contributed by atoms with E-state index in [1.54, 1.807) is 6.21 Å². The summed E-state index contributed by atoms with van der Waals surface area (Å²) >= 11 is 6.49. The van der Waals surface area contributed by atoms with Crippen LogP contribution in [0.4, 0.5) is 0 Å². The molecule has 0 radical (unpaired) electrons. The molecular weight excluding hydrogens is 570 g/mol. The van der Waals surface area contributed by atoms with E-state index in [2.05, 4.69) is 50.5 Å². The summed E-state index contributed by atoms with van der Waals surface area (Å²) in [6.07, 6.45) is 1.58. The van der Waals surface area contributed by atoms with Crippen molar-refractivity contribution in [2.45, 2.75) is 24.8 Å². The number of hydrogen-bond donors (Lipinski definition) is 1. The highest BCUT2D eigenvalue weighted by Crippen LogP contribution is 2.37. The maximum Gasteiger partial charge on any atom is 0.250 e. The second kappa shape index (κ2) is 13.4. The highest BCUT2D eigenvalue weighted by molar-refractivity contribution is 9.10. The standard InChI is InChI=1S/C28H26BrN3O3S2/c1-3-34-25-14-21(13-23(29)27(25)35-16-20-11-9-19(2)10-12-20)15-30-32-26(33)18-37-28-31-24(17-36-28)22-7-5-4-6-8-22/h4-15,17H,3,16,18H2,1-2H3,(H,32,33)/b30-15+. The van der Waals surface area contributed by atoms with Crippen molar-refractivity contribution in [3.05, 3.63) is 93.3 Å². The highest BCUT2D eigenvalue weighted by Gasteiger charge is 2.13. The number of nitrogens with one attached hydrogen (secondary N) is 1. The Hall–Kier alpha value is -3.14. The number of rotatable bonds is 11. The third-order valence-corrected chi connectivity index (χ3v) is 7.73. The SMILES string of the molecule is CCOc1cc(/C=N/NC(=O)CSc2nc(-c3ccccc3)cs2)cc(Br)c1OCc1ccc(C)cc1. The Bertz CT molecular complexity index is 1360. The maximum absolute atomic E-state index is 12.3. The van der Waals surface area contributed by atoms with Crippen LogP contribution in [-0.4, -0.2) is 29.5 Å². The van der Waals surface area contributed by atoms with Crippen LogP contribution in [0.25, 0.3) is 11.3 Å². The predicted molar refractivity (Wildman–Crippen MR) is 155 cm³/mol. The lowest BCUT2D eigenvalue weighted by molar-refractivity contribution is -0.118. The molecule has 1 N–H and O–H groups in total. The largest absolute Gasteiger partial charge is 0.490 e. The zero-order valence-electron chi connectivity index (χ0n) is 20.4. The first kappa shape index (κ1) is 26.9. The van der Waals surface area contributed by atoms with Crippen LogP contribution in [0, 0.1) is 6.92 Å². The van der Waals surface area contributed by atoms with Crippen molar-refractivity contribution in [2.24, 2.45) is 5.10 Å². The minimum Gasteiger partial charge on any atom is -0.490 e. The van der Waals surface area contributed by atoms with E-state index in [-0.39, 0.29) is 11.7 Å². The monoisotopic (exact) mass is 595 g/mol. The summed E-state index contributed by atoms with van der Waals surface area (Å²) in [6.45, 7) is 4.89. The van der Waals surface area contributed by atoms with E-state index in [0.717, 1.165) is 31.2 Å². The Morgan fingerprint density at radius 1 is 1.14 bits per heavy atom. The van der Waals surface area contributed by atoms with Crippen LogP contribution in [0.5, 0.6) is 11.5 Å². The second-order valence-electron chi connectivity index (χ2n) is 7.98. The lowest BCUT2D eigenvalue weighted by atomic mass is 10.2. The zero-order valence-corrected chi connectivity index (χ0v) is 23.7. The van der Waals surface area contributed by atoms with E-state index in [1.807, 2.05) is 66.9 Å². The van der Waals surface area contributed by atoms with E-state index in [4.69, 9.17) is 9.47 Å². The number of carbonyl (C=O) groups is 1. The van der Waals surface area contributed by atoms with Crippen molar-refractivity contribution in [2.75, 3.05) is 12.4 Å². The molecule has 0 bridgehead atoms. The van der Waals surface area contributed by atoms with E-state index < -0.39 is 0 Å². The van der Waals surface area contributed by atoms with Crippen LogP contribution < -0.4 is 14.9 Å². The molecule has 190 valence electrons. The summed E-state index contributed by atoms with van der Waals surface area (Å²) in [5.41, 5.74) is 7.58. The van der Waals surface area contributed by atoms with Crippen molar-refractivity contribution in [3.63, 3.8) is 0 Å². The van der Waals surface area contributed by atoms with Gasteiger partial charge in [-0.3, -0.25) is 4.79 Å². The fourth-order valence-electron chi connectivity index (χ4n) is 3.31. The Morgan fingerprint density at radius 3 is 2.68 bits per heavy atom. The van der Waals surface area contributed by atoms with Gasteiger partial charge in [0.15, 0.2) is 15.8 Å². The number of aryl methyl sites for hydroxylation is 1. The van der Waals surface area contributed by atoms with Crippen LogP contribution in [0.3, 0.4) is 0 Å². The number of aromatic nitrogens is 1. The Kier molecular flexibility index (Phi) is 9.76. The highest BCUT2D eigenvalue weighted by atomic mass is 79.9. The molecule has 37 heavy (non-hydrogen) atoms. The molecule has 1 aromatic heterocycles. The lowest BCUT2D eigenvalue weighted by Crippen LogP contribution is -2.19. The molecule has 0 unspecified atom stereocenters. The molecule has 4 aromatic rings.